The molecule has 1 aromatic carbocycles. The maximum absolute atomic E-state index is 12.3. The third kappa shape index (κ3) is 4.40. The topological polar surface area (TPSA) is 93.4 Å². The quantitative estimate of drug-likeness (QED) is 0.577. The molecule has 0 spiro atoms. The third-order valence-electron chi connectivity index (χ3n) is 7.41. The monoisotopic (exact) mass is 475 g/mol. The van der Waals surface area contributed by atoms with Crippen molar-refractivity contribution in [1.82, 2.24) is 24.6 Å². The fourth-order valence-electron chi connectivity index (χ4n) is 5.09. The number of likely N-dealkylation sites (tertiary alicyclic amines) is 1. The van der Waals surface area contributed by atoms with Gasteiger partial charge < -0.3 is 14.7 Å². The Bertz CT molecular complexity index is 1260. The van der Waals surface area contributed by atoms with E-state index in [9.17, 15) is 9.90 Å². The number of aliphatic hydroxyl groups excluding tert-OH is 1. The molecular weight excluding hydrogens is 442 g/mol. The molecule has 6 rings (SSSR count). The lowest BCUT2D eigenvalue weighted by atomic mass is 9.81. The Morgan fingerprint density at radius 2 is 1.91 bits per heavy atom. The highest BCUT2D eigenvalue weighted by Gasteiger charge is 2.36. The van der Waals surface area contributed by atoms with Crippen molar-refractivity contribution in [2.24, 2.45) is 5.92 Å². The lowest BCUT2D eigenvalue weighted by molar-refractivity contribution is 0.00820. The number of amides is 1. The van der Waals surface area contributed by atoms with Gasteiger partial charge >= 0.3 is 6.09 Å². The fraction of sp³-hybridized carbons (Fsp3) is 0.556. The highest BCUT2D eigenvalue weighted by Crippen LogP contribution is 2.45. The van der Waals surface area contributed by atoms with E-state index in [1.54, 1.807) is 4.90 Å². The normalized spacial score (nSPS) is 22.7. The van der Waals surface area contributed by atoms with Crippen LogP contribution in [0, 0.1) is 5.92 Å². The number of carbonyl (C=O) groups is 1. The van der Waals surface area contributed by atoms with Gasteiger partial charge in [-0.1, -0.05) is 6.07 Å². The van der Waals surface area contributed by atoms with Crippen LogP contribution >= 0.6 is 0 Å². The summed E-state index contributed by atoms with van der Waals surface area (Å²) in [7, 11) is 0. The third-order valence-corrected chi connectivity index (χ3v) is 7.41. The first-order valence-corrected chi connectivity index (χ1v) is 12.7. The molecule has 8 nitrogen and oxygen atoms in total. The molecule has 2 aliphatic carbocycles. The van der Waals surface area contributed by atoms with Crippen molar-refractivity contribution in [2.45, 2.75) is 69.9 Å². The minimum atomic E-state index is -0.483. The van der Waals surface area contributed by atoms with Crippen molar-refractivity contribution in [3.63, 3.8) is 0 Å². The van der Waals surface area contributed by atoms with E-state index < -0.39 is 5.60 Å². The Morgan fingerprint density at radius 1 is 1.14 bits per heavy atom. The molecule has 184 valence electrons. The average Bonchev–Trinajstić information content (AvgIpc) is 3.49. The summed E-state index contributed by atoms with van der Waals surface area (Å²) in [6.45, 7) is 7.23. The molecule has 0 bridgehead atoms. The molecule has 8 heteroatoms. The first kappa shape index (κ1) is 22.5. The van der Waals surface area contributed by atoms with Crippen LogP contribution in [0.4, 0.5) is 4.79 Å². The second-order valence-electron chi connectivity index (χ2n) is 11.4. The van der Waals surface area contributed by atoms with Crippen LogP contribution in [-0.4, -0.2) is 61.1 Å². The van der Waals surface area contributed by atoms with E-state index in [4.69, 9.17) is 19.8 Å². The number of rotatable bonds is 5. The summed E-state index contributed by atoms with van der Waals surface area (Å²) >= 11 is 0. The van der Waals surface area contributed by atoms with E-state index in [0.29, 0.717) is 31.0 Å². The van der Waals surface area contributed by atoms with Crippen LogP contribution < -0.4 is 0 Å². The molecule has 3 fully saturated rings. The standard InChI is InChI=1S/C27H33N5O3/c1-27(2,3)35-26(34)31-12-19(13-31)18-6-7-22-23(10-18)29-24(11-28-22)21-14-32(20-8-16(9-20)15-33)30-25(21)17-4-5-17/h6-7,10-11,14,16-17,19-20,33H,4-5,8-9,12-13,15H2,1-3H3. The summed E-state index contributed by atoms with van der Waals surface area (Å²) in [6, 6.07) is 6.59. The molecule has 3 aliphatic rings. The number of aliphatic hydroxyl groups is 1. The van der Waals surface area contributed by atoms with Crippen molar-refractivity contribution in [2.75, 3.05) is 19.7 Å². The predicted molar refractivity (Wildman–Crippen MR) is 132 cm³/mol. The number of carbonyl (C=O) groups excluding carboxylic acids is 1. The second kappa shape index (κ2) is 8.29. The molecule has 1 saturated heterocycles. The molecule has 1 aliphatic heterocycles. The zero-order valence-corrected chi connectivity index (χ0v) is 20.6. The molecule has 0 radical (unpaired) electrons. The number of fused-ring (bicyclic) bond motifs is 1. The van der Waals surface area contributed by atoms with E-state index in [1.807, 2.05) is 33.0 Å². The maximum atomic E-state index is 12.3. The van der Waals surface area contributed by atoms with E-state index in [-0.39, 0.29) is 18.6 Å². The average molecular weight is 476 g/mol. The van der Waals surface area contributed by atoms with E-state index in [2.05, 4.69) is 23.0 Å². The molecule has 35 heavy (non-hydrogen) atoms. The second-order valence-corrected chi connectivity index (χ2v) is 11.4. The van der Waals surface area contributed by atoms with Gasteiger partial charge in [-0.2, -0.15) is 5.10 Å². The summed E-state index contributed by atoms with van der Waals surface area (Å²) in [6.07, 6.45) is 8.06. The minimum Gasteiger partial charge on any atom is -0.444 e. The van der Waals surface area contributed by atoms with Crippen LogP contribution in [0.15, 0.2) is 30.6 Å². The molecule has 3 heterocycles. The highest BCUT2D eigenvalue weighted by atomic mass is 16.6. The van der Waals surface area contributed by atoms with E-state index in [1.165, 1.54) is 18.4 Å². The van der Waals surface area contributed by atoms with Crippen molar-refractivity contribution in [1.29, 1.82) is 0 Å². The van der Waals surface area contributed by atoms with Crippen LogP contribution in [0.2, 0.25) is 0 Å². The minimum absolute atomic E-state index is 0.252. The summed E-state index contributed by atoms with van der Waals surface area (Å²) < 4.78 is 7.58. The molecular formula is C27H33N5O3. The van der Waals surface area contributed by atoms with Crippen molar-refractivity contribution >= 4 is 17.1 Å². The van der Waals surface area contributed by atoms with Crippen molar-refractivity contribution in [3.05, 3.63) is 41.9 Å². The number of hydrogen-bond acceptors (Lipinski definition) is 6. The number of benzene rings is 1. The van der Waals surface area contributed by atoms with Gasteiger partial charge in [0.05, 0.1) is 34.7 Å². The SMILES string of the molecule is CC(C)(C)OC(=O)N1CC(c2ccc3ncc(-c4cn(C5CC(CO)C5)nc4C4CC4)nc3c2)C1. The number of aromatic nitrogens is 4. The Hall–Kier alpha value is -3.00. The van der Waals surface area contributed by atoms with Gasteiger partial charge in [0.2, 0.25) is 0 Å². The number of nitrogens with zero attached hydrogens (tertiary/aromatic N) is 5. The van der Waals surface area contributed by atoms with Gasteiger partial charge in [0, 0.05) is 43.3 Å². The van der Waals surface area contributed by atoms with Crippen LogP contribution in [0.1, 0.15) is 75.6 Å². The summed E-state index contributed by atoms with van der Waals surface area (Å²) in [4.78, 5) is 23.8. The van der Waals surface area contributed by atoms with Crippen LogP contribution in [-0.2, 0) is 4.74 Å². The van der Waals surface area contributed by atoms with E-state index >= 15 is 0 Å². The van der Waals surface area contributed by atoms with Gasteiger partial charge in [0.1, 0.15) is 5.60 Å². The molecule has 0 unspecified atom stereocenters. The Labute approximate surface area is 205 Å². The Kier molecular flexibility index (Phi) is 5.32. The van der Waals surface area contributed by atoms with Gasteiger partial charge in [0.15, 0.2) is 0 Å². The van der Waals surface area contributed by atoms with Crippen molar-refractivity contribution < 1.29 is 14.6 Å². The maximum Gasteiger partial charge on any atom is 0.410 e. The summed E-state index contributed by atoms with van der Waals surface area (Å²) in [5.41, 5.74) is 5.51. The van der Waals surface area contributed by atoms with Crippen LogP contribution in [0.5, 0.6) is 0 Å². The van der Waals surface area contributed by atoms with Crippen molar-refractivity contribution in [3.8, 4) is 11.3 Å². The lowest BCUT2D eigenvalue weighted by Gasteiger charge is -2.40. The van der Waals surface area contributed by atoms with Gasteiger partial charge in [0.25, 0.3) is 0 Å². The molecule has 0 atom stereocenters. The predicted octanol–water partition coefficient (Wildman–Crippen LogP) is 4.65. The molecule has 2 saturated carbocycles. The molecule has 1 N–H and O–H groups in total. The summed E-state index contributed by atoms with van der Waals surface area (Å²) in [5, 5.41) is 14.3. The number of ether oxygens (including phenoxy) is 1. The first-order valence-electron chi connectivity index (χ1n) is 12.7. The molecule has 1 amide bonds. The zero-order valence-electron chi connectivity index (χ0n) is 20.6. The lowest BCUT2D eigenvalue weighted by Crippen LogP contribution is -2.50. The van der Waals surface area contributed by atoms with Crippen LogP contribution in [0.25, 0.3) is 22.3 Å². The van der Waals surface area contributed by atoms with Crippen LogP contribution in [0.3, 0.4) is 0 Å². The van der Waals surface area contributed by atoms with E-state index in [0.717, 1.165) is 40.8 Å². The summed E-state index contributed by atoms with van der Waals surface area (Å²) in [5.74, 6) is 1.19. The Balaban J connectivity index is 1.23. The first-order chi connectivity index (χ1) is 16.8. The smallest absolute Gasteiger partial charge is 0.410 e. The molecule has 2 aromatic heterocycles. The zero-order chi connectivity index (χ0) is 24.3. The van der Waals surface area contributed by atoms with Gasteiger partial charge in [-0.15, -0.1) is 0 Å². The van der Waals surface area contributed by atoms with Gasteiger partial charge in [-0.3, -0.25) is 9.67 Å². The van der Waals surface area contributed by atoms with Gasteiger partial charge in [-0.05, 0) is 70.1 Å². The fourth-order valence-corrected chi connectivity index (χ4v) is 5.09. The van der Waals surface area contributed by atoms with Gasteiger partial charge in [-0.25, -0.2) is 9.78 Å². The number of hydrogen-bond donors (Lipinski definition) is 1. The highest BCUT2D eigenvalue weighted by molar-refractivity contribution is 5.78. The Morgan fingerprint density at radius 3 is 2.60 bits per heavy atom. The molecule has 3 aromatic rings. The largest absolute Gasteiger partial charge is 0.444 e.